The molecule has 5 rings (SSSR count). The molecule has 198 valence electrons. The average molecular weight is 513 g/mol. The highest BCUT2D eigenvalue weighted by Crippen LogP contribution is 2.42. The molecule has 1 amide bonds. The Kier molecular flexibility index (Phi) is 7.60. The van der Waals surface area contributed by atoms with Crippen molar-refractivity contribution in [2.24, 2.45) is 5.92 Å². The molecule has 0 aliphatic carbocycles. The van der Waals surface area contributed by atoms with Gasteiger partial charge in [0.05, 0.1) is 17.7 Å². The summed E-state index contributed by atoms with van der Waals surface area (Å²) in [5.74, 6) is 0.889. The predicted octanol–water partition coefficient (Wildman–Crippen LogP) is 5.43. The minimum atomic E-state index is -0.0231. The number of hydrogen-bond acceptors (Lipinski definition) is 6. The topological polar surface area (TPSA) is 86.4 Å². The van der Waals surface area contributed by atoms with Crippen LogP contribution in [0, 0.1) is 5.92 Å². The van der Waals surface area contributed by atoms with Gasteiger partial charge in [-0.1, -0.05) is 45.0 Å². The fourth-order valence-corrected chi connectivity index (χ4v) is 4.76. The number of amides is 1. The predicted molar refractivity (Wildman–Crippen MR) is 154 cm³/mol. The fraction of sp³-hybridized carbons (Fsp3) is 0.367. The van der Waals surface area contributed by atoms with Gasteiger partial charge in [-0.15, -0.1) is 0 Å². The van der Waals surface area contributed by atoms with E-state index in [0.717, 1.165) is 65.3 Å². The van der Waals surface area contributed by atoms with Crippen LogP contribution >= 0.6 is 0 Å². The highest BCUT2D eigenvalue weighted by atomic mass is 16.5. The Balaban J connectivity index is 1.60. The number of benzene rings is 2. The number of likely N-dealkylation sites (N-methyl/N-ethyl adjacent to an activating group) is 1. The van der Waals surface area contributed by atoms with E-state index in [0.29, 0.717) is 24.8 Å². The summed E-state index contributed by atoms with van der Waals surface area (Å²) in [6.07, 6.45) is 1.96. The zero-order valence-corrected chi connectivity index (χ0v) is 22.6. The summed E-state index contributed by atoms with van der Waals surface area (Å²) in [7, 11) is 2.17. The molecule has 1 aliphatic heterocycles. The second-order valence-electron chi connectivity index (χ2n) is 10.3. The van der Waals surface area contributed by atoms with Gasteiger partial charge in [-0.2, -0.15) is 0 Å². The third-order valence-electron chi connectivity index (χ3n) is 6.89. The third kappa shape index (κ3) is 5.50. The normalized spacial score (nSPS) is 14.3. The molecule has 0 unspecified atom stereocenters. The monoisotopic (exact) mass is 512 g/mol. The summed E-state index contributed by atoms with van der Waals surface area (Å²) >= 11 is 0. The maximum absolute atomic E-state index is 12.1. The first-order valence-electron chi connectivity index (χ1n) is 13.4. The summed E-state index contributed by atoms with van der Waals surface area (Å²) in [5.41, 5.74) is 6.60. The van der Waals surface area contributed by atoms with Crippen molar-refractivity contribution in [3.63, 3.8) is 0 Å². The van der Waals surface area contributed by atoms with Crippen molar-refractivity contribution in [3.05, 3.63) is 54.9 Å². The third-order valence-corrected chi connectivity index (χ3v) is 6.89. The maximum atomic E-state index is 12.1. The Morgan fingerprint density at radius 1 is 1.05 bits per heavy atom. The molecule has 0 radical (unpaired) electrons. The Morgan fingerprint density at radius 3 is 2.53 bits per heavy atom. The molecule has 8 heteroatoms. The number of ether oxygens (including phenoxy) is 1. The Morgan fingerprint density at radius 2 is 1.82 bits per heavy atom. The molecule has 2 aromatic heterocycles. The van der Waals surface area contributed by atoms with Crippen LogP contribution in [-0.4, -0.2) is 65.6 Å². The van der Waals surface area contributed by atoms with Crippen LogP contribution in [0.3, 0.4) is 0 Å². The van der Waals surface area contributed by atoms with Crippen molar-refractivity contribution in [2.75, 3.05) is 50.1 Å². The number of fused-ring (bicyclic) bond motifs is 1. The lowest BCUT2D eigenvalue weighted by Crippen LogP contribution is -2.44. The van der Waals surface area contributed by atoms with Gasteiger partial charge in [0.25, 0.3) is 0 Å². The lowest BCUT2D eigenvalue weighted by Gasteiger charge is -2.34. The molecule has 3 heterocycles. The molecule has 1 aliphatic rings. The number of hydrogen-bond donors (Lipinski definition) is 2. The van der Waals surface area contributed by atoms with Gasteiger partial charge in [0.15, 0.2) is 0 Å². The second kappa shape index (κ2) is 11.2. The number of rotatable bonds is 8. The smallest absolute Gasteiger partial charge is 0.226 e. The SMILES string of the molecule is CCC(=O)Nc1cccc(-c2c(-c3ccc(N4CCN(C)CC4)cc3)[nH]c3ncnc(OCC(C)C)c23)c1. The van der Waals surface area contributed by atoms with Crippen LogP contribution in [0.15, 0.2) is 54.9 Å². The molecule has 1 saturated heterocycles. The minimum absolute atomic E-state index is 0.0231. The van der Waals surface area contributed by atoms with E-state index in [4.69, 9.17) is 4.74 Å². The van der Waals surface area contributed by atoms with E-state index in [9.17, 15) is 4.79 Å². The van der Waals surface area contributed by atoms with E-state index in [-0.39, 0.29) is 5.91 Å². The molecule has 8 nitrogen and oxygen atoms in total. The van der Waals surface area contributed by atoms with E-state index < -0.39 is 0 Å². The number of carbonyl (C=O) groups is 1. The van der Waals surface area contributed by atoms with Crippen molar-refractivity contribution in [3.8, 4) is 28.3 Å². The number of carbonyl (C=O) groups excluding carboxylic acids is 1. The summed E-state index contributed by atoms with van der Waals surface area (Å²) in [6, 6.07) is 16.6. The molecule has 38 heavy (non-hydrogen) atoms. The van der Waals surface area contributed by atoms with Gasteiger partial charge < -0.3 is 24.8 Å². The van der Waals surface area contributed by atoms with Crippen LogP contribution in [0.25, 0.3) is 33.4 Å². The van der Waals surface area contributed by atoms with E-state index in [2.05, 4.69) is 75.2 Å². The van der Waals surface area contributed by atoms with Gasteiger partial charge in [0.2, 0.25) is 11.8 Å². The van der Waals surface area contributed by atoms with E-state index in [1.165, 1.54) is 12.0 Å². The quantitative estimate of drug-likeness (QED) is 0.328. The van der Waals surface area contributed by atoms with Gasteiger partial charge in [-0.25, -0.2) is 9.97 Å². The number of aromatic nitrogens is 3. The molecule has 0 atom stereocenters. The van der Waals surface area contributed by atoms with Crippen molar-refractivity contribution in [1.82, 2.24) is 19.9 Å². The number of piperazine rings is 1. The van der Waals surface area contributed by atoms with Gasteiger partial charge in [0.1, 0.15) is 12.0 Å². The van der Waals surface area contributed by atoms with E-state index in [1.54, 1.807) is 0 Å². The molecular formula is C30H36N6O2. The zero-order valence-electron chi connectivity index (χ0n) is 22.6. The molecule has 2 N–H and O–H groups in total. The molecule has 0 spiro atoms. The minimum Gasteiger partial charge on any atom is -0.477 e. The van der Waals surface area contributed by atoms with Crippen molar-refractivity contribution < 1.29 is 9.53 Å². The van der Waals surface area contributed by atoms with Crippen LogP contribution in [-0.2, 0) is 4.79 Å². The number of nitrogens with one attached hydrogen (secondary N) is 2. The lowest BCUT2D eigenvalue weighted by atomic mass is 9.98. The molecule has 1 fully saturated rings. The molecule has 4 aromatic rings. The highest BCUT2D eigenvalue weighted by Gasteiger charge is 2.22. The Hall–Kier alpha value is -3.91. The largest absolute Gasteiger partial charge is 0.477 e. The van der Waals surface area contributed by atoms with Gasteiger partial charge in [0, 0.05) is 49.5 Å². The molecule has 2 aromatic carbocycles. The van der Waals surface area contributed by atoms with E-state index >= 15 is 0 Å². The average Bonchev–Trinajstić information content (AvgIpc) is 3.33. The molecule has 0 bridgehead atoms. The standard InChI is InChI=1S/C30H36N6O2/c1-5-25(37)33-23-8-6-7-22(17-23)26-27-29(31-19-32-30(27)38-18-20(2)3)34-28(26)21-9-11-24(12-10-21)36-15-13-35(4)14-16-36/h6-12,17,19-20H,5,13-16,18H2,1-4H3,(H,33,37)(H,31,32,34). The number of anilines is 2. The Labute approximate surface area is 224 Å². The van der Waals surface area contributed by atoms with E-state index in [1.807, 2.05) is 31.2 Å². The summed E-state index contributed by atoms with van der Waals surface area (Å²) in [6.45, 7) is 10.8. The van der Waals surface area contributed by atoms with Crippen molar-refractivity contribution in [1.29, 1.82) is 0 Å². The first kappa shape index (κ1) is 25.7. The first-order chi connectivity index (χ1) is 18.4. The number of aromatic amines is 1. The van der Waals surface area contributed by atoms with Gasteiger partial charge in [-0.3, -0.25) is 4.79 Å². The Bertz CT molecular complexity index is 1400. The van der Waals surface area contributed by atoms with Gasteiger partial charge >= 0.3 is 0 Å². The second-order valence-corrected chi connectivity index (χ2v) is 10.3. The van der Waals surface area contributed by atoms with Crippen molar-refractivity contribution in [2.45, 2.75) is 27.2 Å². The maximum Gasteiger partial charge on any atom is 0.226 e. The number of H-pyrrole nitrogens is 1. The van der Waals surface area contributed by atoms with Crippen LogP contribution in [0.5, 0.6) is 5.88 Å². The zero-order chi connectivity index (χ0) is 26.6. The molecular weight excluding hydrogens is 476 g/mol. The van der Waals surface area contributed by atoms with Crippen molar-refractivity contribution >= 4 is 28.3 Å². The fourth-order valence-electron chi connectivity index (χ4n) is 4.76. The lowest BCUT2D eigenvalue weighted by molar-refractivity contribution is -0.115. The van der Waals surface area contributed by atoms with Gasteiger partial charge in [-0.05, 0) is 48.4 Å². The number of nitrogens with zero attached hydrogens (tertiary/aromatic N) is 4. The van der Waals surface area contributed by atoms with Crippen LogP contribution in [0.4, 0.5) is 11.4 Å². The summed E-state index contributed by atoms with van der Waals surface area (Å²) in [4.78, 5) is 29.5. The molecule has 0 saturated carbocycles. The van der Waals surface area contributed by atoms with Crippen LogP contribution in [0.1, 0.15) is 27.2 Å². The van der Waals surface area contributed by atoms with Crippen LogP contribution < -0.4 is 15.0 Å². The summed E-state index contributed by atoms with van der Waals surface area (Å²) in [5, 5.41) is 3.82. The van der Waals surface area contributed by atoms with Crippen LogP contribution in [0.2, 0.25) is 0 Å². The summed E-state index contributed by atoms with van der Waals surface area (Å²) < 4.78 is 6.16. The highest BCUT2D eigenvalue weighted by molar-refractivity contribution is 6.05. The first-order valence-corrected chi connectivity index (χ1v) is 13.4.